The Morgan fingerprint density at radius 1 is 1.09 bits per heavy atom. The number of nitrogens with zero attached hydrogens (tertiary/aromatic N) is 3. The fourth-order valence-electron chi connectivity index (χ4n) is 2.32. The molecule has 3 aromatic rings. The van der Waals surface area contributed by atoms with Gasteiger partial charge in [-0.2, -0.15) is 0 Å². The lowest BCUT2D eigenvalue weighted by Gasteiger charge is -2.07. The summed E-state index contributed by atoms with van der Waals surface area (Å²) in [5.74, 6) is -0.687. The summed E-state index contributed by atoms with van der Waals surface area (Å²) in [5.41, 5.74) is 1.85. The molecule has 0 unspecified atom stereocenters. The molecule has 0 aliphatic rings. The van der Waals surface area contributed by atoms with Crippen LogP contribution in [0.3, 0.4) is 0 Å². The Bertz CT molecular complexity index is 933. The van der Waals surface area contributed by atoms with E-state index >= 15 is 0 Å². The number of aromatic nitrogens is 2. The third-order valence-corrected chi connectivity index (χ3v) is 3.41. The molecule has 0 saturated heterocycles. The molecule has 3 rings (SSSR count). The van der Waals surface area contributed by atoms with Crippen molar-refractivity contribution >= 4 is 5.82 Å². The molecule has 1 heterocycles. The molecule has 0 bridgehead atoms. The van der Waals surface area contributed by atoms with E-state index < -0.39 is 16.3 Å². The van der Waals surface area contributed by atoms with Crippen molar-refractivity contribution < 1.29 is 4.92 Å². The molecule has 1 aromatic heterocycles. The topological polar surface area (TPSA) is 78.0 Å². The minimum Gasteiger partial charge on any atom is -0.358 e. The van der Waals surface area contributed by atoms with E-state index in [1.165, 1.54) is 10.8 Å². The number of hydrogen-bond donors (Lipinski definition) is 0. The lowest BCUT2D eigenvalue weighted by Crippen LogP contribution is -2.22. The molecule has 0 spiro atoms. The first kappa shape index (κ1) is 14.6. The Labute approximate surface area is 131 Å². The van der Waals surface area contributed by atoms with Crippen LogP contribution in [0.4, 0.5) is 5.82 Å². The third-order valence-electron chi connectivity index (χ3n) is 3.41. The number of aryl methyl sites for hydroxylation is 1. The van der Waals surface area contributed by atoms with Gasteiger partial charge in [0.05, 0.1) is 6.20 Å². The number of benzene rings is 2. The molecule has 6 nitrogen and oxygen atoms in total. The average Bonchev–Trinajstić information content (AvgIpc) is 2.55. The van der Waals surface area contributed by atoms with Crippen LogP contribution in [0.2, 0.25) is 0 Å². The van der Waals surface area contributed by atoms with E-state index in [4.69, 9.17) is 0 Å². The summed E-state index contributed by atoms with van der Waals surface area (Å²) < 4.78 is 1.26. The van der Waals surface area contributed by atoms with Crippen molar-refractivity contribution in [1.29, 1.82) is 0 Å². The molecule has 0 aliphatic heterocycles. The van der Waals surface area contributed by atoms with Crippen LogP contribution in [0.1, 0.15) is 5.56 Å². The minimum atomic E-state index is -0.750. The zero-order chi connectivity index (χ0) is 16.4. The fraction of sp³-hybridized carbons (Fsp3) is 0.0588. The second-order valence-electron chi connectivity index (χ2n) is 5.09. The van der Waals surface area contributed by atoms with Crippen LogP contribution in [-0.4, -0.2) is 14.5 Å². The first-order valence-corrected chi connectivity index (χ1v) is 6.97. The molecule has 0 atom stereocenters. The zero-order valence-electron chi connectivity index (χ0n) is 12.3. The largest absolute Gasteiger partial charge is 0.431 e. The molecule has 0 N–H and O–H groups in total. The van der Waals surface area contributed by atoms with E-state index in [-0.39, 0.29) is 0 Å². The van der Waals surface area contributed by atoms with E-state index in [1.807, 2.05) is 31.2 Å². The Morgan fingerprint density at radius 2 is 1.83 bits per heavy atom. The van der Waals surface area contributed by atoms with Crippen LogP contribution >= 0.6 is 0 Å². The van der Waals surface area contributed by atoms with E-state index in [9.17, 15) is 14.9 Å². The van der Waals surface area contributed by atoms with E-state index in [1.54, 1.807) is 30.3 Å². The Kier molecular flexibility index (Phi) is 3.72. The molecule has 0 radical (unpaired) electrons. The predicted octanol–water partition coefficient (Wildman–Crippen LogP) is 3.12. The van der Waals surface area contributed by atoms with Gasteiger partial charge >= 0.3 is 11.4 Å². The van der Waals surface area contributed by atoms with E-state index in [0.29, 0.717) is 16.9 Å². The van der Waals surface area contributed by atoms with Crippen LogP contribution < -0.4 is 5.56 Å². The molecule has 0 amide bonds. The Hall–Kier alpha value is -3.28. The highest BCUT2D eigenvalue weighted by Gasteiger charge is 2.21. The van der Waals surface area contributed by atoms with Gasteiger partial charge in [0.25, 0.3) is 0 Å². The third kappa shape index (κ3) is 2.87. The highest BCUT2D eigenvalue weighted by atomic mass is 16.6. The number of hydrogen-bond acceptors (Lipinski definition) is 4. The molecule has 6 heteroatoms. The first-order valence-electron chi connectivity index (χ1n) is 6.97. The molecule has 23 heavy (non-hydrogen) atoms. The molecular weight excluding hydrogens is 294 g/mol. The van der Waals surface area contributed by atoms with Gasteiger partial charge in [-0.3, -0.25) is 9.36 Å². The zero-order valence-corrected chi connectivity index (χ0v) is 12.3. The summed E-state index contributed by atoms with van der Waals surface area (Å²) in [6.07, 6.45) is 1.53. The lowest BCUT2D eigenvalue weighted by atomic mass is 10.1. The van der Waals surface area contributed by atoms with Gasteiger partial charge in [0.2, 0.25) is 0 Å². The van der Waals surface area contributed by atoms with Gasteiger partial charge < -0.3 is 10.1 Å². The van der Waals surface area contributed by atoms with Gasteiger partial charge in [0.15, 0.2) is 5.69 Å². The monoisotopic (exact) mass is 307 g/mol. The summed E-state index contributed by atoms with van der Waals surface area (Å²) in [4.78, 5) is 26.7. The molecule has 114 valence electrons. The van der Waals surface area contributed by atoms with Crippen LogP contribution in [0.15, 0.2) is 65.6 Å². The van der Waals surface area contributed by atoms with Gasteiger partial charge in [-0.25, -0.2) is 0 Å². The van der Waals surface area contributed by atoms with Crippen molar-refractivity contribution in [3.8, 4) is 16.9 Å². The van der Waals surface area contributed by atoms with Gasteiger partial charge in [0.1, 0.15) is 0 Å². The summed E-state index contributed by atoms with van der Waals surface area (Å²) in [6, 6.07) is 16.2. The van der Waals surface area contributed by atoms with E-state index in [0.717, 1.165) is 5.56 Å². The normalized spacial score (nSPS) is 10.5. The van der Waals surface area contributed by atoms with Gasteiger partial charge in [-0.1, -0.05) is 42.5 Å². The summed E-state index contributed by atoms with van der Waals surface area (Å²) in [5, 5.41) is 11.2. The quantitative estimate of drug-likeness (QED) is 0.550. The van der Waals surface area contributed by atoms with Crippen molar-refractivity contribution in [3.63, 3.8) is 0 Å². The van der Waals surface area contributed by atoms with Crippen LogP contribution in [0, 0.1) is 17.0 Å². The Balaban J connectivity index is 2.29. The fourth-order valence-corrected chi connectivity index (χ4v) is 2.32. The van der Waals surface area contributed by atoms with Gasteiger partial charge in [0, 0.05) is 11.3 Å². The second-order valence-corrected chi connectivity index (χ2v) is 5.09. The molecule has 0 fully saturated rings. The van der Waals surface area contributed by atoms with Crippen LogP contribution in [-0.2, 0) is 0 Å². The smallest absolute Gasteiger partial charge is 0.358 e. The molecule has 0 saturated carbocycles. The van der Waals surface area contributed by atoms with Crippen molar-refractivity contribution in [2.75, 3.05) is 0 Å². The number of rotatable bonds is 3. The summed E-state index contributed by atoms with van der Waals surface area (Å²) in [7, 11) is 0. The van der Waals surface area contributed by atoms with Crippen molar-refractivity contribution in [2.24, 2.45) is 0 Å². The SMILES string of the molecule is Cc1cccc(-n2cc(-c3ccccc3)nc([N+](=O)[O-])c2=O)c1. The summed E-state index contributed by atoms with van der Waals surface area (Å²) in [6.45, 7) is 1.89. The Morgan fingerprint density at radius 3 is 2.48 bits per heavy atom. The maximum Gasteiger partial charge on any atom is 0.431 e. The summed E-state index contributed by atoms with van der Waals surface area (Å²) >= 11 is 0. The predicted molar refractivity (Wildman–Crippen MR) is 86.7 cm³/mol. The minimum absolute atomic E-state index is 0.374. The van der Waals surface area contributed by atoms with Gasteiger partial charge in [-0.05, 0) is 34.5 Å². The molecule has 2 aromatic carbocycles. The maximum atomic E-state index is 12.4. The van der Waals surface area contributed by atoms with E-state index in [2.05, 4.69) is 4.98 Å². The van der Waals surface area contributed by atoms with Crippen molar-refractivity contribution in [2.45, 2.75) is 6.92 Å². The van der Waals surface area contributed by atoms with Crippen molar-refractivity contribution in [1.82, 2.24) is 9.55 Å². The number of nitro groups is 1. The van der Waals surface area contributed by atoms with Crippen LogP contribution in [0.25, 0.3) is 16.9 Å². The average molecular weight is 307 g/mol. The lowest BCUT2D eigenvalue weighted by molar-refractivity contribution is -0.391. The standard InChI is InChI=1S/C17H13N3O3/c1-12-6-5-9-14(10-12)19-11-15(13-7-3-2-4-8-13)18-16(17(19)21)20(22)23/h2-11H,1H3. The highest BCUT2D eigenvalue weighted by molar-refractivity contribution is 5.59. The van der Waals surface area contributed by atoms with Gasteiger partial charge in [-0.15, -0.1) is 0 Å². The highest BCUT2D eigenvalue weighted by Crippen LogP contribution is 2.19. The maximum absolute atomic E-state index is 12.4. The first-order chi connectivity index (χ1) is 11.1. The molecular formula is C17H13N3O3. The van der Waals surface area contributed by atoms with Crippen molar-refractivity contribution in [3.05, 3.63) is 86.8 Å². The molecule has 0 aliphatic carbocycles. The second kappa shape index (κ2) is 5.84. The van der Waals surface area contributed by atoms with Crippen LogP contribution in [0.5, 0.6) is 0 Å².